The Labute approximate surface area is 225 Å². The van der Waals surface area contributed by atoms with Crippen LogP contribution in [0.1, 0.15) is 33.9 Å². The molecule has 0 saturated heterocycles. The molecule has 1 aromatic heterocycles. The number of hydrogen-bond donors (Lipinski definition) is 3. The number of amides is 4. The monoisotopic (exact) mass is 531 g/mol. The lowest BCUT2D eigenvalue weighted by Gasteiger charge is -2.22. The second kappa shape index (κ2) is 12.5. The summed E-state index contributed by atoms with van der Waals surface area (Å²) in [4.78, 5) is 57.1. The number of aliphatic carboxylic acids is 1. The van der Waals surface area contributed by atoms with Crippen molar-refractivity contribution in [2.45, 2.75) is 19.0 Å². The number of aromatic nitrogens is 1. The molecule has 0 spiro atoms. The lowest BCUT2D eigenvalue weighted by molar-refractivity contribution is -0.137. The Morgan fingerprint density at radius 1 is 1.13 bits per heavy atom. The lowest BCUT2D eigenvalue weighted by atomic mass is 10.1. The summed E-state index contributed by atoms with van der Waals surface area (Å²) in [6.07, 6.45) is 2.70. The van der Waals surface area contributed by atoms with Gasteiger partial charge in [-0.2, -0.15) is 0 Å². The van der Waals surface area contributed by atoms with Crippen molar-refractivity contribution in [1.29, 1.82) is 0 Å². The molecule has 0 aliphatic carbocycles. The van der Waals surface area contributed by atoms with Crippen LogP contribution in [0.2, 0.25) is 0 Å². The Kier molecular flexibility index (Phi) is 8.72. The van der Waals surface area contributed by atoms with Crippen LogP contribution in [-0.4, -0.2) is 70.4 Å². The van der Waals surface area contributed by atoms with Crippen LogP contribution < -0.4 is 15.4 Å². The minimum Gasteiger partial charge on any atom is -0.491 e. The maximum Gasteiger partial charge on any atom is 0.321 e. The van der Waals surface area contributed by atoms with Crippen molar-refractivity contribution in [3.8, 4) is 5.75 Å². The fraction of sp³-hybridized carbons (Fsp3) is 0.250. The van der Waals surface area contributed by atoms with E-state index >= 15 is 0 Å². The summed E-state index contributed by atoms with van der Waals surface area (Å²) in [7, 11) is 1.67. The predicted octanol–water partition coefficient (Wildman–Crippen LogP) is 2.91. The number of hydrogen-bond acceptors (Lipinski definition) is 6. The summed E-state index contributed by atoms with van der Waals surface area (Å²) in [6, 6.07) is 16.5. The Morgan fingerprint density at radius 3 is 2.64 bits per heavy atom. The molecule has 4 rings (SSSR count). The van der Waals surface area contributed by atoms with Gasteiger partial charge in [-0.1, -0.05) is 36.4 Å². The zero-order valence-electron chi connectivity index (χ0n) is 21.4. The van der Waals surface area contributed by atoms with Crippen LogP contribution in [0.3, 0.4) is 0 Å². The number of pyridine rings is 1. The van der Waals surface area contributed by atoms with E-state index in [-0.39, 0.29) is 37.7 Å². The molecular weight excluding hydrogens is 502 g/mol. The van der Waals surface area contributed by atoms with E-state index in [4.69, 9.17) is 4.74 Å². The van der Waals surface area contributed by atoms with Gasteiger partial charge >= 0.3 is 12.0 Å². The van der Waals surface area contributed by atoms with Crippen molar-refractivity contribution >= 4 is 29.5 Å². The molecule has 0 bridgehead atoms. The lowest BCUT2D eigenvalue weighted by Crippen LogP contribution is -2.43. The smallest absolute Gasteiger partial charge is 0.321 e. The summed E-state index contributed by atoms with van der Waals surface area (Å²) in [5.41, 5.74) is 2.13. The number of rotatable bonds is 9. The molecule has 1 aliphatic rings. The highest BCUT2D eigenvalue weighted by molar-refractivity contribution is 6.01. The van der Waals surface area contributed by atoms with Crippen LogP contribution in [0.15, 0.2) is 73.1 Å². The van der Waals surface area contributed by atoms with Gasteiger partial charge in [-0.3, -0.25) is 19.4 Å². The minimum absolute atomic E-state index is 0.152. The number of carboxylic acid groups (broad SMARTS) is 1. The largest absolute Gasteiger partial charge is 0.491 e. The number of ether oxygens (including phenoxy) is 1. The number of carboxylic acids is 1. The Balaban J connectivity index is 1.42. The maximum atomic E-state index is 13.4. The zero-order valence-corrected chi connectivity index (χ0v) is 21.4. The van der Waals surface area contributed by atoms with Crippen molar-refractivity contribution < 1.29 is 29.0 Å². The first-order chi connectivity index (χ1) is 18.8. The Morgan fingerprint density at radius 2 is 1.92 bits per heavy atom. The quantitative estimate of drug-likeness (QED) is 0.386. The first-order valence-electron chi connectivity index (χ1n) is 12.3. The number of nitrogens with one attached hydrogen (secondary N) is 2. The van der Waals surface area contributed by atoms with Gasteiger partial charge in [-0.15, -0.1) is 0 Å². The van der Waals surface area contributed by atoms with E-state index in [2.05, 4.69) is 15.6 Å². The second-order valence-corrected chi connectivity index (χ2v) is 9.06. The number of urea groups is 1. The Hall–Kier alpha value is -4.93. The molecular formula is C28H29N5O6. The fourth-order valence-electron chi connectivity index (χ4n) is 4.16. The number of fused-ring (bicyclic) bond motifs is 1. The SMILES string of the molecule is CN(Cc1ccccc1)C(=O)Nc1ccc2c(c1)C(=O)N(CC(=O)N[C@@H](CC(=O)O)c1cccnc1)CCO2. The van der Waals surface area contributed by atoms with E-state index in [0.717, 1.165) is 5.56 Å². The van der Waals surface area contributed by atoms with E-state index in [0.29, 0.717) is 23.5 Å². The summed E-state index contributed by atoms with van der Waals surface area (Å²) in [6.45, 7) is 0.427. The highest BCUT2D eigenvalue weighted by Gasteiger charge is 2.27. The third-order valence-corrected chi connectivity index (χ3v) is 6.11. The van der Waals surface area contributed by atoms with Gasteiger partial charge < -0.3 is 30.3 Å². The number of benzene rings is 2. The average Bonchev–Trinajstić information content (AvgIpc) is 3.07. The van der Waals surface area contributed by atoms with Gasteiger partial charge in [0.1, 0.15) is 12.4 Å². The van der Waals surface area contributed by atoms with Gasteiger partial charge in [0, 0.05) is 31.7 Å². The van der Waals surface area contributed by atoms with Crippen LogP contribution in [0.25, 0.3) is 0 Å². The number of carbonyl (C=O) groups is 4. The van der Waals surface area contributed by atoms with E-state index in [1.165, 1.54) is 22.1 Å². The third-order valence-electron chi connectivity index (χ3n) is 6.11. The minimum atomic E-state index is -1.08. The molecule has 3 aromatic rings. The summed E-state index contributed by atoms with van der Waals surface area (Å²) in [5.74, 6) is -1.70. The first-order valence-corrected chi connectivity index (χ1v) is 12.3. The van der Waals surface area contributed by atoms with Crippen LogP contribution in [0.4, 0.5) is 10.5 Å². The molecule has 202 valence electrons. The molecule has 11 heteroatoms. The molecule has 1 aliphatic heterocycles. The normalized spacial score (nSPS) is 13.4. The molecule has 1 atom stereocenters. The molecule has 11 nitrogen and oxygen atoms in total. The van der Waals surface area contributed by atoms with E-state index in [1.807, 2.05) is 30.3 Å². The molecule has 0 fully saturated rings. The van der Waals surface area contributed by atoms with Crippen LogP contribution in [0.5, 0.6) is 5.75 Å². The van der Waals surface area contributed by atoms with Crippen LogP contribution in [-0.2, 0) is 16.1 Å². The molecule has 0 radical (unpaired) electrons. The molecule has 3 N–H and O–H groups in total. The van der Waals surface area contributed by atoms with Crippen molar-refractivity contribution in [1.82, 2.24) is 20.1 Å². The van der Waals surface area contributed by atoms with Gasteiger partial charge in [0.25, 0.3) is 5.91 Å². The highest BCUT2D eigenvalue weighted by Crippen LogP contribution is 2.27. The van der Waals surface area contributed by atoms with Crippen LogP contribution >= 0.6 is 0 Å². The number of nitrogens with zero attached hydrogens (tertiary/aromatic N) is 3. The van der Waals surface area contributed by atoms with Crippen molar-refractivity contribution in [2.75, 3.05) is 32.1 Å². The van der Waals surface area contributed by atoms with E-state index < -0.39 is 23.8 Å². The summed E-state index contributed by atoms with van der Waals surface area (Å²) in [5, 5.41) is 14.8. The molecule has 4 amide bonds. The predicted molar refractivity (Wildman–Crippen MR) is 142 cm³/mol. The molecule has 2 aromatic carbocycles. The van der Waals surface area contributed by atoms with Gasteiger partial charge in [0.05, 0.1) is 31.1 Å². The Bertz CT molecular complexity index is 1330. The van der Waals surface area contributed by atoms with Crippen molar-refractivity contribution in [3.05, 3.63) is 89.7 Å². The number of anilines is 1. The average molecular weight is 532 g/mol. The molecule has 0 unspecified atom stereocenters. The standard InChI is InChI=1S/C28H29N5O6/c1-32(17-19-6-3-2-4-7-19)28(38)30-21-9-10-24-22(14-21)27(37)33(12-13-39-24)18-25(34)31-23(15-26(35)36)20-8-5-11-29-16-20/h2-11,14,16,23H,12-13,15,17-18H2,1H3,(H,30,38)(H,31,34)(H,35,36)/t23-/m0/s1. The van der Waals surface area contributed by atoms with Gasteiger partial charge in [-0.25, -0.2) is 4.79 Å². The fourth-order valence-corrected chi connectivity index (χ4v) is 4.16. The second-order valence-electron chi connectivity index (χ2n) is 9.06. The first kappa shape index (κ1) is 27.1. The van der Waals surface area contributed by atoms with Crippen molar-refractivity contribution in [2.24, 2.45) is 0 Å². The molecule has 2 heterocycles. The summed E-state index contributed by atoms with van der Waals surface area (Å²) >= 11 is 0. The van der Waals surface area contributed by atoms with Crippen molar-refractivity contribution in [3.63, 3.8) is 0 Å². The molecule has 0 saturated carbocycles. The van der Waals surface area contributed by atoms with E-state index in [1.54, 1.807) is 37.5 Å². The van der Waals surface area contributed by atoms with E-state index in [9.17, 15) is 24.3 Å². The maximum absolute atomic E-state index is 13.4. The van der Waals surface area contributed by atoms with Gasteiger partial charge in [0.2, 0.25) is 5.91 Å². The number of carbonyl (C=O) groups excluding carboxylic acids is 3. The summed E-state index contributed by atoms with van der Waals surface area (Å²) < 4.78 is 5.72. The van der Waals surface area contributed by atoms with Crippen LogP contribution in [0, 0.1) is 0 Å². The third kappa shape index (κ3) is 7.31. The zero-order chi connectivity index (χ0) is 27.8. The van der Waals surface area contributed by atoms with Gasteiger partial charge in [-0.05, 0) is 35.4 Å². The molecule has 39 heavy (non-hydrogen) atoms. The topological polar surface area (TPSA) is 141 Å². The van der Waals surface area contributed by atoms with Gasteiger partial charge in [0.15, 0.2) is 0 Å². The highest BCUT2D eigenvalue weighted by atomic mass is 16.5.